The molecule has 3 aromatic heterocycles. The second-order valence-corrected chi connectivity index (χ2v) is 9.28. The first-order chi connectivity index (χ1) is 16.9. The lowest BCUT2D eigenvalue weighted by atomic mass is 10.1. The van der Waals surface area contributed by atoms with Crippen molar-refractivity contribution in [2.75, 3.05) is 26.2 Å². The molecule has 1 fully saturated rings. The summed E-state index contributed by atoms with van der Waals surface area (Å²) in [7, 11) is 1.71. The number of nitrogens with zero attached hydrogens (tertiary/aromatic N) is 5. The molecule has 4 aromatic rings. The van der Waals surface area contributed by atoms with Crippen LogP contribution in [0.3, 0.4) is 0 Å². The van der Waals surface area contributed by atoms with E-state index in [9.17, 15) is 9.18 Å². The van der Waals surface area contributed by atoms with Gasteiger partial charge in [-0.3, -0.25) is 19.0 Å². The lowest BCUT2D eigenvalue weighted by Gasteiger charge is -2.26. The van der Waals surface area contributed by atoms with Crippen molar-refractivity contribution in [2.45, 2.75) is 39.2 Å². The Morgan fingerprint density at radius 3 is 2.60 bits per heavy atom. The van der Waals surface area contributed by atoms with Crippen molar-refractivity contribution < 1.29 is 13.9 Å². The fraction of sp³-hybridized carbons (Fsp3) is 0.423. The molecule has 0 spiro atoms. The van der Waals surface area contributed by atoms with Crippen LogP contribution in [0.15, 0.2) is 41.5 Å². The van der Waals surface area contributed by atoms with Gasteiger partial charge in [-0.1, -0.05) is 6.42 Å². The lowest BCUT2D eigenvalue weighted by Crippen LogP contribution is -2.33. The minimum Gasteiger partial charge on any atom is -0.476 e. The van der Waals surface area contributed by atoms with E-state index in [1.54, 1.807) is 40.6 Å². The van der Waals surface area contributed by atoms with Crippen LogP contribution in [0.4, 0.5) is 4.39 Å². The number of aromatic nitrogens is 4. The Balaban J connectivity index is 1.38. The van der Waals surface area contributed by atoms with E-state index in [1.165, 1.54) is 31.5 Å². The molecule has 1 saturated heterocycles. The first-order valence-electron chi connectivity index (χ1n) is 12.1. The monoisotopic (exact) mass is 479 g/mol. The molecule has 0 atom stereocenters. The Morgan fingerprint density at radius 2 is 1.89 bits per heavy atom. The van der Waals surface area contributed by atoms with E-state index in [0.29, 0.717) is 40.2 Å². The minimum absolute atomic E-state index is 0.0407. The molecule has 1 aliphatic heterocycles. The summed E-state index contributed by atoms with van der Waals surface area (Å²) in [4.78, 5) is 23.9. The third-order valence-electron chi connectivity index (χ3n) is 6.53. The van der Waals surface area contributed by atoms with E-state index in [4.69, 9.17) is 9.47 Å². The van der Waals surface area contributed by atoms with Crippen LogP contribution in [0, 0.1) is 5.82 Å². The number of imidazole rings is 1. The summed E-state index contributed by atoms with van der Waals surface area (Å²) in [5.41, 5.74) is 1.70. The van der Waals surface area contributed by atoms with Crippen LogP contribution < -0.4 is 15.2 Å². The minimum atomic E-state index is -0.541. The lowest BCUT2D eigenvalue weighted by molar-refractivity contribution is 0.180. The van der Waals surface area contributed by atoms with Gasteiger partial charge in [-0.25, -0.2) is 14.2 Å². The summed E-state index contributed by atoms with van der Waals surface area (Å²) in [6.07, 6.45) is 6.92. The maximum atomic E-state index is 14.9. The molecule has 0 N–H and O–H groups in total. The van der Waals surface area contributed by atoms with Crippen molar-refractivity contribution in [2.24, 2.45) is 7.05 Å². The predicted molar refractivity (Wildman–Crippen MR) is 133 cm³/mol. The zero-order chi connectivity index (χ0) is 24.5. The van der Waals surface area contributed by atoms with Crippen molar-refractivity contribution in [1.29, 1.82) is 0 Å². The van der Waals surface area contributed by atoms with E-state index < -0.39 is 5.82 Å². The van der Waals surface area contributed by atoms with E-state index >= 15 is 0 Å². The highest BCUT2D eigenvalue weighted by atomic mass is 19.1. The normalized spacial score (nSPS) is 14.8. The summed E-state index contributed by atoms with van der Waals surface area (Å²) in [5, 5.41) is 0.649. The number of rotatable bonds is 7. The highest BCUT2D eigenvalue weighted by Gasteiger charge is 2.19. The number of hydrogen-bond donors (Lipinski definition) is 0. The van der Waals surface area contributed by atoms with Gasteiger partial charge in [-0.15, -0.1) is 0 Å². The Bertz CT molecular complexity index is 1410. The van der Waals surface area contributed by atoms with Crippen molar-refractivity contribution >= 4 is 21.9 Å². The number of benzene rings is 1. The third-order valence-corrected chi connectivity index (χ3v) is 6.53. The van der Waals surface area contributed by atoms with Gasteiger partial charge in [0.05, 0.1) is 28.9 Å². The second kappa shape index (κ2) is 9.65. The SMILES string of the molecule is CC(C)n1c(=O)n(C)c2cnc3cc(F)c(Oc4ccc(OCCN5CCCCC5)nc4)cc3c21. The van der Waals surface area contributed by atoms with Gasteiger partial charge >= 0.3 is 5.69 Å². The van der Waals surface area contributed by atoms with Gasteiger partial charge in [-0.05, 0) is 51.9 Å². The van der Waals surface area contributed by atoms with Crippen molar-refractivity contribution in [3.63, 3.8) is 0 Å². The number of pyridine rings is 2. The number of halogens is 1. The molecule has 184 valence electrons. The Hall–Kier alpha value is -3.46. The van der Waals surface area contributed by atoms with Gasteiger partial charge < -0.3 is 9.47 Å². The number of fused-ring (bicyclic) bond motifs is 3. The van der Waals surface area contributed by atoms with Gasteiger partial charge in [-0.2, -0.15) is 0 Å². The van der Waals surface area contributed by atoms with E-state index in [1.807, 2.05) is 13.8 Å². The van der Waals surface area contributed by atoms with Crippen LogP contribution in [-0.2, 0) is 7.05 Å². The molecule has 0 unspecified atom stereocenters. The van der Waals surface area contributed by atoms with Crippen LogP contribution in [0.25, 0.3) is 21.9 Å². The van der Waals surface area contributed by atoms with Gasteiger partial charge in [0.25, 0.3) is 0 Å². The molecule has 0 amide bonds. The van der Waals surface area contributed by atoms with Crippen molar-refractivity contribution in [3.8, 4) is 17.4 Å². The first-order valence-corrected chi connectivity index (χ1v) is 12.1. The first kappa shape index (κ1) is 23.3. The quantitative estimate of drug-likeness (QED) is 0.384. The number of hydrogen-bond acceptors (Lipinski definition) is 6. The highest BCUT2D eigenvalue weighted by molar-refractivity contribution is 6.03. The van der Waals surface area contributed by atoms with E-state index in [-0.39, 0.29) is 17.5 Å². The number of likely N-dealkylation sites (tertiary alicyclic amines) is 1. The molecule has 1 aromatic carbocycles. The van der Waals surface area contributed by atoms with E-state index in [2.05, 4.69) is 14.9 Å². The predicted octanol–water partition coefficient (Wildman–Crippen LogP) is 4.66. The summed E-state index contributed by atoms with van der Waals surface area (Å²) < 4.78 is 29.7. The summed E-state index contributed by atoms with van der Waals surface area (Å²) in [5.74, 6) is 0.394. The van der Waals surface area contributed by atoms with Gasteiger partial charge in [0.1, 0.15) is 12.4 Å². The van der Waals surface area contributed by atoms with Crippen LogP contribution in [0.2, 0.25) is 0 Å². The van der Waals surface area contributed by atoms with E-state index in [0.717, 1.165) is 19.6 Å². The van der Waals surface area contributed by atoms with Crippen molar-refractivity contribution in [1.82, 2.24) is 24.0 Å². The molecular formula is C26H30FN5O3. The maximum Gasteiger partial charge on any atom is 0.329 e. The molecule has 0 aliphatic carbocycles. The number of aryl methyl sites for hydroxylation is 1. The molecule has 5 rings (SSSR count). The molecule has 9 heteroatoms. The summed E-state index contributed by atoms with van der Waals surface area (Å²) >= 11 is 0. The smallest absolute Gasteiger partial charge is 0.329 e. The number of ether oxygens (including phenoxy) is 2. The van der Waals surface area contributed by atoms with Crippen LogP contribution in [0.5, 0.6) is 17.4 Å². The maximum absolute atomic E-state index is 14.9. The summed E-state index contributed by atoms with van der Waals surface area (Å²) in [6.45, 7) is 7.58. The molecular weight excluding hydrogens is 449 g/mol. The molecule has 8 nitrogen and oxygen atoms in total. The van der Waals surface area contributed by atoms with Crippen molar-refractivity contribution in [3.05, 3.63) is 53.0 Å². The van der Waals surface area contributed by atoms with Gasteiger partial charge in [0, 0.05) is 37.2 Å². The van der Waals surface area contributed by atoms with Gasteiger partial charge in [0.15, 0.2) is 11.6 Å². The van der Waals surface area contributed by atoms with Gasteiger partial charge in [0.2, 0.25) is 5.88 Å². The Labute approximate surface area is 202 Å². The average Bonchev–Trinajstić information content (AvgIpc) is 3.12. The fourth-order valence-corrected chi connectivity index (χ4v) is 4.69. The van der Waals surface area contributed by atoms with Crippen LogP contribution in [0.1, 0.15) is 39.2 Å². The molecule has 0 radical (unpaired) electrons. The third kappa shape index (κ3) is 4.60. The Kier molecular flexibility index (Phi) is 6.42. The van der Waals surface area contributed by atoms with Crippen LogP contribution >= 0.6 is 0 Å². The Morgan fingerprint density at radius 1 is 1.09 bits per heavy atom. The van der Waals surface area contributed by atoms with Crippen LogP contribution in [-0.4, -0.2) is 50.2 Å². The highest BCUT2D eigenvalue weighted by Crippen LogP contribution is 2.32. The molecule has 1 aliphatic rings. The molecule has 0 saturated carbocycles. The summed E-state index contributed by atoms with van der Waals surface area (Å²) in [6, 6.07) is 6.28. The molecule has 4 heterocycles. The zero-order valence-corrected chi connectivity index (χ0v) is 20.3. The average molecular weight is 480 g/mol. The largest absolute Gasteiger partial charge is 0.476 e. The standard InChI is InChI=1S/C26H30FN5O3/c1-17(2)32-25-19-13-23(20(27)14-21(19)28-16-22(25)30(3)26(32)33)35-18-7-8-24(29-15-18)34-12-11-31-9-5-4-6-10-31/h7-8,13-17H,4-6,9-12H2,1-3H3. The molecule has 35 heavy (non-hydrogen) atoms. The topological polar surface area (TPSA) is 74.4 Å². The fourth-order valence-electron chi connectivity index (χ4n) is 4.69. The zero-order valence-electron chi connectivity index (χ0n) is 20.3. The second-order valence-electron chi connectivity index (χ2n) is 9.28. The molecule has 0 bridgehead atoms. The number of piperidine rings is 1.